The van der Waals surface area contributed by atoms with Crippen molar-refractivity contribution in [1.82, 2.24) is 10.3 Å². The zero-order chi connectivity index (χ0) is 14.5. The number of hydrogen-bond acceptors (Lipinski definition) is 3. The van der Waals surface area contributed by atoms with Gasteiger partial charge in [-0.25, -0.2) is 5.84 Å². The minimum atomic E-state index is -0.194. The quantitative estimate of drug-likeness (QED) is 0.490. The van der Waals surface area contributed by atoms with Gasteiger partial charge in [0, 0.05) is 12.6 Å². The molecule has 1 saturated heterocycles. The van der Waals surface area contributed by atoms with E-state index in [0.717, 1.165) is 18.7 Å². The molecule has 20 heavy (non-hydrogen) atoms. The number of nitrogens with two attached hydrogens (primary N) is 1. The van der Waals surface area contributed by atoms with E-state index >= 15 is 0 Å². The van der Waals surface area contributed by atoms with E-state index in [1.54, 1.807) is 0 Å². The summed E-state index contributed by atoms with van der Waals surface area (Å²) in [6, 6.07) is 10.5. The lowest BCUT2D eigenvalue weighted by molar-refractivity contribution is -0.123. The molecule has 0 spiro atoms. The Bertz CT molecular complexity index is 433. The molecule has 1 aliphatic heterocycles. The van der Waals surface area contributed by atoms with E-state index in [1.807, 2.05) is 30.3 Å². The van der Waals surface area contributed by atoms with Gasteiger partial charge in [-0.2, -0.15) is 0 Å². The number of hydrogen-bond donors (Lipinski definition) is 2. The standard InChI is InChI=1S/C16H25N3O/c1-12(2)15-9-6-10-19(15)11-14(16(20)18-17)13-7-4-3-5-8-13/h3-5,7-8,12,14-15H,6,9-11,17H2,1-2H3,(H,18,20). The van der Waals surface area contributed by atoms with Crippen LogP contribution >= 0.6 is 0 Å². The molecule has 0 radical (unpaired) electrons. The molecule has 0 aromatic heterocycles. The summed E-state index contributed by atoms with van der Waals surface area (Å²) in [7, 11) is 0. The Labute approximate surface area is 121 Å². The topological polar surface area (TPSA) is 58.4 Å². The van der Waals surface area contributed by atoms with Gasteiger partial charge in [0.1, 0.15) is 0 Å². The van der Waals surface area contributed by atoms with Crippen LogP contribution in [0.15, 0.2) is 30.3 Å². The molecule has 1 amide bonds. The second kappa shape index (κ2) is 6.86. The number of nitrogens with one attached hydrogen (secondary N) is 1. The Balaban J connectivity index is 2.14. The van der Waals surface area contributed by atoms with Crippen LogP contribution in [0.25, 0.3) is 0 Å². The van der Waals surface area contributed by atoms with Crippen LogP contribution in [0.5, 0.6) is 0 Å². The predicted molar refractivity (Wildman–Crippen MR) is 80.9 cm³/mol. The van der Waals surface area contributed by atoms with Gasteiger partial charge in [0.05, 0.1) is 5.92 Å². The molecule has 1 aromatic carbocycles. The first kappa shape index (κ1) is 15.0. The third-order valence-electron chi connectivity index (χ3n) is 4.26. The number of hydrazine groups is 1. The number of likely N-dealkylation sites (tertiary alicyclic amines) is 1. The lowest BCUT2D eigenvalue weighted by Crippen LogP contribution is -2.43. The summed E-state index contributed by atoms with van der Waals surface area (Å²) in [6.45, 7) is 6.33. The Hall–Kier alpha value is -1.39. The first-order valence-electron chi connectivity index (χ1n) is 7.43. The van der Waals surface area contributed by atoms with Crippen molar-refractivity contribution in [3.8, 4) is 0 Å². The third kappa shape index (κ3) is 3.38. The van der Waals surface area contributed by atoms with Crippen molar-refractivity contribution in [2.24, 2.45) is 11.8 Å². The molecular weight excluding hydrogens is 250 g/mol. The van der Waals surface area contributed by atoms with Gasteiger partial charge in [0.15, 0.2) is 0 Å². The minimum Gasteiger partial charge on any atom is -0.299 e. The fourth-order valence-electron chi connectivity index (χ4n) is 3.19. The highest BCUT2D eigenvalue weighted by atomic mass is 16.2. The van der Waals surface area contributed by atoms with Gasteiger partial charge >= 0.3 is 0 Å². The van der Waals surface area contributed by atoms with Crippen LogP contribution in [-0.4, -0.2) is 29.9 Å². The first-order valence-corrected chi connectivity index (χ1v) is 7.43. The molecule has 1 fully saturated rings. The van der Waals surface area contributed by atoms with Crippen molar-refractivity contribution in [2.45, 2.75) is 38.6 Å². The molecule has 3 N–H and O–H groups in total. The highest BCUT2D eigenvalue weighted by Crippen LogP contribution is 2.27. The van der Waals surface area contributed by atoms with E-state index < -0.39 is 0 Å². The Morgan fingerprint density at radius 2 is 2.10 bits per heavy atom. The summed E-state index contributed by atoms with van der Waals surface area (Å²) < 4.78 is 0. The molecule has 2 unspecified atom stereocenters. The molecule has 1 aromatic rings. The second-order valence-corrected chi connectivity index (χ2v) is 5.92. The van der Waals surface area contributed by atoms with Crippen LogP contribution in [0.1, 0.15) is 38.2 Å². The van der Waals surface area contributed by atoms with Crippen molar-refractivity contribution in [1.29, 1.82) is 0 Å². The zero-order valence-corrected chi connectivity index (χ0v) is 12.4. The SMILES string of the molecule is CC(C)C1CCCN1CC(C(=O)NN)c1ccccc1. The molecule has 0 bridgehead atoms. The number of nitrogens with zero attached hydrogens (tertiary/aromatic N) is 1. The van der Waals surface area contributed by atoms with Gasteiger partial charge in [-0.3, -0.25) is 15.1 Å². The van der Waals surface area contributed by atoms with E-state index in [4.69, 9.17) is 5.84 Å². The molecule has 0 aliphatic carbocycles. The molecule has 110 valence electrons. The molecule has 0 saturated carbocycles. The summed E-state index contributed by atoms with van der Waals surface area (Å²) in [6.07, 6.45) is 2.44. The van der Waals surface area contributed by atoms with Crippen LogP contribution in [0.3, 0.4) is 0 Å². The average molecular weight is 275 g/mol. The van der Waals surface area contributed by atoms with Crippen molar-refractivity contribution in [3.63, 3.8) is 0 Å². The van der Waals surface area contributed by atoms with Crippen LogP contribution < -0.4 is 11.3 Å². The van der Waals surface area contributed by atoms with E-state index in [0.29, 0.717) is 12.0 Å². The maximum Gasteiger partial charge on any atom is 0.242 e. The maximum absolute atomic E-state index is 12.1. The smallest absolute Gasteiger partial charge is 0.242 e. The minimum absolute atomic E-state index is 0.106. The van der Waals surface area contributed by atoms with Gasteiger partial charge in [0.2, 0.25) is 5.91 Å². The Kier molecular flexibility index (Phi) is 5.15. The zero-order valence-electron chi connectivity index (χ0n) is 12.4. The van der Waals surface area contributed by atoms with Crippen molar-refractivity contribution < 1.29 is 4.79 Å². The number of rotatable bonds is 5. The van der Waals surface area contributed by atoms with Gasteiger partial charge < -0.3 is 0 Å². The highest BCUT2D eigenvalue weighted by molar-refractivity contribution is 5.83. The Morgan fingerprint density at radius 1 is 1.40 bits per heavy atom. The maximum atomic E-state index is 12.1. The molecule has 4 heteroatoms. The monoisotopic (exact) mass is 275 g/mol. The second-order valence-electron chi connectivity index (χ2n) is 5.92. The fraction of sp³-hybridized carbons (Fsp3) is 0.562. The number of carbonyl (C=O) groups is 1. The van der Waals surface area contributed by atoms with Crippen LogP contribution in [0, 0.1) is 5.92 Å². The number of carbonyl (C=O) groups excluding carboxylic acids is 1. The summed E-state index contributed by atoms with van der Waals surface area (Å²) in [5, 5.41) is 0. The van der Waals surface area contributed by atoms with E-state index in [-0.39, 0.29) is 11.8 Å². The molecule has 2 atom stereocenters. The summed E-state index contributed by atoms with van der Waals surface area (Å²) in [5.74, 6) is 5.68. The summed E-state index contributed by atoms with van der Waals surface area (Å²) in [5.41, 5.74) is 3.35. The molecule has 4 nitrogen and oxygen atoms in total. The fourth-order valence-corrected chi connectivity index (χ4v) is 3.19. The molecular formula is C16H25N3O. The molecule has 1 heterocycles. The van der Waals surface area contributed by atoms with Crippen LogP contribution in [-0.2, 0) is 4.79 Å². The van der Waals surface area contributed by atoms with E-state index in [2.05, 4.69) is 24.2 Å². The average Bonchev–Trinajstić information content (AvgIpc) is 2.93. The Morgan fingerprint density at radius 3 is 2.70 bits per heavy atom. The summed E-state index contributed by atoms with van der Waals surface area (Å²) >= 11 is 0. The van der Waals surface area contributed by atoms with Gasteiger partial charge in [-0.05, 0) is 30.9 Å². The lowest BCUT2D eigenvalue weighted by atomic mass is 9.96. The van der Waals surface area contributed by atoms with Crippen molar-refractivity contribution in [3.05, 3.63) is 35.9 Å². The molecule has 1 aliphatic rings. The highest BCUT2D eigenvalue weighted by Gasteiger charge is 2.31. The molecule has 2 rings (SSSR count). The lowest BCUT2D eigenvalue weighted by Gasteiger charge is -2.30. The van der Waals surface area contributed by atoms with Crippen molar-refractivity contribution >= 4 is 5.91 Å². The van der Waals surface area contributed by atoms with Crippen molar-refractivity contribution in [2.75, 3.05) is 13.1 Å². The third-order valence-corrected chi connectivity index (χ3v) is 4.26. The largest absolute Gasteiger partial charge is 0.299 e. The predicted octanol–water partition coefficient (Wildman–Crippen LogP) is 1.88. The van der Waals surface area contributed by atoms with E-state index in [1.165, 1.54) is 12.8 Å². The van der Waals surface area contributed by atoms with Gasteiger partial charge in [-0.1, -0.05) is 44.2 Å². The summed E-state index contributed by atoms with van der Waals surface area (Å²) in [4.78, 5) is 14.6. The number of benzene rings is 1. The van der Waals surface area contributed by atoms with Crippen LogP contribution in [0.2, 0.25) is 0 Å². The van der Waals surface area contributed by atoms with Gasteiger partial charge in [-0.15, -0.1) is 0 Å². The van der Waals surface area contributed by atoms with Gasteiger partial charge in [0.25, 0.3) is 0 Å². The van der Waals surface area contributed by atoms with E-state index in [9.17, 15) is 4.79 Å². The normalized spacial score (nSPS) is 21.1. The first-order chi connectivity index (χ1) is 9.63. The van der Waals surface area contributed by atoms with Crippen LogP contribution in [0.4, 0.5) is 0 Å². The number of amides is 1.